The van der Waals surface area contributed by atoms with Crippen molar-refractivity contribution in [3.63, 3.8) is 0 Å². The Kier molecular flexibility index (Phi) is 6.05. The van der Waals surface area contributed by atoms with Crippen molar-refractivity contribution in [2.24, 2.45) is 5.92 Å². The van der Waals surface area contributed by atoms with Crippen LogP contribution in [0.5, 0.6) is 0 Å². The molecule has 4 heteroatoms. The minimum absolute atomic E-state index is 0.185. The predicted molar refractivity (Wildman–Crippen MR) is 93.3 cm³/mol. The molecule has 4 nitrogen and oxygen atoms in total. The monoisotopic (exact) mass is 318 g/mol. The molecule has 2 atom stereocenters. The number of piperidine rings is 1. The summed E-state index contributed by atoms with van der Waals surface area (Å²) in [5.41, 5.74) is 0.820. The number of nitrogens with one attached hydrogen (secondary N) is 1. The maximum Gasteiger partial charge on any atom is 0.410 e. The van der Waals surface area contributed by atoms with Crippen molar-refractivity contribution in [2.45, 2.75) is 58.7 Å². The molecule has 1 saturated heterocycles. The first-order chi connectivity index (χ1) is 10.8. The van der Waals surface area contributed by atoms with Crippen LogP contribution in [0, 0.1) is 5.92 Å². The molecule has 0 spiro atoms. The van der Waals surface area contributed by atoms with E-state index in [4.69, 9.17) is 4.74 Å². The number of carbonyl (C=O) groups is 1. The Labute approximate surface area is 140 Å². The van der Waals surface area contributed by atoms with Crippen LogP contribution in [-0.2, 0) is 11.3 Å². The summed E-state index contributed by atoms with van der Waals surface area (Å²) < 4.78 is 5.58. The molecular formula is C19H30N2O2. The van der Waals surface area contributed by atoms with Crippen molar-refractivity contribution in [1.29, 1.82) is 0 Å². The second-order valence-electron chi connectivity index (χ2n) is 7.59. The molecule has 1 aliphatic rings. The van der Waals surface area contributed by atoms with Crippen LogP contribution in [0.1, 0.15) is 46.1 Å². The third-order valence-corrected chi connectivity index (χ3v) is 4.12. The Bertz CT molecular complexity index is 496. The molecule has 1 aromatic rings. The Morgan fingerprint density at radius 2 is 1.96 bits per heavy atom. The van der Waals surface area contributed by atoms with Gasteiger partial charge in [0.2, 0.25) is 0 Å². The van der Waals surface area contributed by atoms with Gasteiger partial charge in [0.25, 0.3) is 0 Å². The fourth-order valence-corrected chi connectivity index (χ4v) is 2.94. The number of amides is 1. The summed E-state index contributed by atoms with van der Waals surface area (Å²) in [6, 6.07) is 10.6. The molecule has 0 aliphatic carbocycles. The van der Waals surface area contributed by atoms with Gasteiger partial charge in [-0.2, -0.15) is 0 Å². The SMILES string of the molecule is CC1CCC(CNCc2ccccc2)N(C(=O)OC(C)(C)C)C1. The third kappa shape index (κ3) is 5.87. The van der Waals surface area contributed by atoms with Crippen LogP contribution in [-0.4, -0.2) is 35.7 Å². The van der Waals surface area contributed by atoms with Gasteiger partial charge in [0.05, 0.1) is 0 Å². The zero-order chi connectivity index (χ0) is 16.9. The summed E-state index contributed by atoms with van der Waals surface area (Å²) in [6.45, 7) is 10.4. The molecule has 0 aromatic heterocycles. The fourth-order valence-electron chi connectivity index (χ4n) is 2.94. The maximum atomic E-state index is 12.5. The lowest BCUT2D eigenvalue weighted by Crippen LogP contribution is -2.51. The van der Waals surface area contributed by atoms with Gasteiger partial charge in [-0.3, -0.25) is 0 Å². The van der Waals surface area contributed by atoms with Gasteiger partial charge in [0.15, 0.2) is 0 Å². The van der Waals surface area contributed by atoms with Crippen LogP contribution < -0.4 is 5.32 Å². The first-order valence-corrected chi connectivity index (χ1v) is 8.59. The van der Waals surface area contributed by atoms with Gasteiger partial charge < -0.3 is 15.0 Å². The van der Waals surface area contributed by atoms with Gasteiger partial charge in [0, 0.05) is 25.7 Å². The number of hydrogen-bond donors (Lipinski definition) is 1. The first kappa shape index (κ1) is 17.8. The highest BCUT2D eigenvalue weighted by Gasteiger charge is 2.32. The number of nitrogens with zero attached hydrogens (tertiary/aromatic N) is 1. The maximum absolute atomic E-state index is 12.5. The molecule has 2 rings (SSSR count). The molecule has 23 heavy (non-hydrogen) atoms. The summed E-state index contributed by atoms with van der Waals surface area (Å²) in [4.78, 5) is 14.4. The summed E-state index contributed by atoms with van der Waals surface area (Å²) >= 11 is 0. The van der Waals surface area contributed by atoms with E-state index in [-0.39, 0.29) is 12.1 Å². The van der Waals surface area contributed by atoms with Crippen molar-refractivity contribution in [3.8, 4) is 0 Å². The predicted octanol–water partition coefficient (Wildman–Crippen LogP) is 3.81. The van der Waals surface area contributed by atoms with E-state index in [1.165, 1.54) is 5.56 Å². The van der Waals surface area contributed by atoms with Crippen LogP contribution in [0.15, 0.2) is 30.3 Å². The highest BCUT2D eigenvalue weighted by molar-refractivity contribution is 5.68. The Morgan fingerprint density at radius 3 is 2.61 bits per heavy atom. The highest BCUT2D eigenvalue weighted by Crippen LogP contribution is 2.23. The van der Waals surface area contributed by atoms with Crippen LogP contribution in [0.2, 0.25) is 0 Å². The number of carbonyl (C=O) groups excluding carboxylic acids is 1. The summed E-state index contributed by atoms with van der Waals surface area (Å²) in [5.74, 6) is 0.535. The van der Waals surface area contributed by atoms with E-state index in [1.807, 2.05) is 43.9 Å². The lowest BCUT2D eigenvalue weighted by molar-refractivity contribution is 0.00415. The molecule has 1 aliphatic heterocycles. The van der Waals surface area contributed by atoms with Gasteiger partial charge >= 0.3 is 6.09 Å². The van der Waals surface area contributed by atoms with Gasteiger partial charge in [0.1, 0.15) is 5.60 Å². The topological polar surface area (TPSA) is 41.6 Å². The number of likely N-dealkylation sites (tertiary alicyclic amines) is 1. The zero-order valence-corrected chi connectivity index (χ0v) is 14.8. The number of hydrogen-bond acceptors (Lipinski definition) is 3. The molecule has 1 amide bonds. The number of benzene rings is 1. The smallest absolute Gasteiger partial charge is 0.410 e. The molecular weight excluding hydrogens is 288 g/mol. The molecule has 1 heterocycles. The highest BCUT2D eigenvalue weighted by atomic mass is 16.6. The number of ether oxygens (including phenoxy) is 1. The van der Waals surface area contributed by atoms with Crippen molar-refractivity contribution in [2.75, 3.05) is 13.1 Å². The average Bonchev–Trinajstić information content (AvgIpc) is 2.48. The molecule has 1 N–H and O–H groups in total. The molecule has 0 bridgehead atoms. The molecule has 128 valence electrons. The average molecular weight is 318 g/mol. The van der Waals surface area contributed by atoms with Crippen LogP contribution >= 0.6 is 0 Å². The summed E-state index contributed by atoms with van der Waals surface area (Å²) in [5, 5.41) is 3.48. The van der Waals surface area contributed by atoms with E-state index in [2.05, 4.69) is 24.4 Å². The minimum Gasteiger partial charge on any atom is -0.444 e. The van der Waals surface area contributed by atoms with Crippen molar-refractivity contribution in [1.82, 2.24) is 10.2 Å². The van der Waals surface area contributed by atoms with E-state index in [0.29, 0.717) is 5.92 Å². The van der Waals surface area contributed by atoms with Crippen molar-refractivity contribution < 1.29 is 9.53 Å². The van der Waals surface area contributed by atoms with Gasteiger partial charge in [-0.1, -0.05) is 37.3 Å². The van der Waals surface area contributed by atoms with Crippen molar-refractivity contribution >= 4 is 6.09 Å². The molecule has 1 aromatic carbocycles. The van der Waals surface area contributed by atoms with Crippen LogP contribution in [0.4, 0.5) is 4.79 Å². The van der Waals surface area contributed by atoms with E-state index >= 15 is 0 Å². The van der Waals surface area contributed by atoms with E-state index in [9.17, 15) is 4.79 Å². The third-order valence-electron chi connectivity index (χ3n) is 4.12. The fraction of sp³-hybridized carbons (Fsp3) is 0.632. The Balaban J connectivity index is 1.90. The summed E-state index contributed by atoms with van der Waals surface area (Å²) in [7, 11) is 0. The molecule has 0 radical (unpaired) electrons. The second kappa shape index (κ2) is 7.82. The molecule has 0 saturated carbocycles. The first-order valence-electron chi connectivity index (χ1n) is 8.59. The van der Waals surface area contributed by atoms with Crippen LogP contribution in [0.3, 0.4) is 0 Å². The minimum atomic E-state index is -0.445. The normalized spacial score (nSPS) is 22.0. The van der Waals surface area contributed by atoms with E-state index in [0.717, 1.165) is 32.5 Å². The molecule has 1 fully saturated rings. The van der Waals surface area contributed by atoms with Gasteiger partial charge in [-0.25, -0.2) is 4.79 Å². The lowest BCUT2D eigenvalue weighted by atomic mass is 9.94. The van der Waals surface area contributed by atoms with Gasteiger partial charge in [-0.05, 0) is 45.1 Å². The molecule has 2 unspecified atom stereocenters. The lowest BCUT2D eigenvalue weighted by Gasteiger charge is -2.39. The van der Waals surface area contributed by atoms with E-state index < -0.39 is 5.60 Å². The standard InChI is InChI=1S/C19H30N2O2/c1-15-10-11-17(13-20-12-16-8-6-5-7-9-16)21(14-15)18(22)23-19(2,3)4/h5-9,15,17,20H,10-14H2,1-4H3. The quantitative estimate of drug-likeness (QED) is 0.918. The second-order valence-corrected chi connectivity index (χ2v) is 7.59. The Hall–Kier alpha value is -1.55. The zero-order valence-electron chi connectivity index (χ0n) is 14.8. The summed E-state index contributed by atoms with van der Waals surface area (Å²) in [6.07, 6.45) is 2.01. The van der Waals surface area contributed by atoms with Gasteiger partial charge in [-0.15, -0.1) is 0 Å². The Morgan fingerprint density at radius 1 is 1.26 bits per heavy atom. The van der Waals surface area contributed by atoms with Crippen molar-refractivity contribution in [3.05, 3.63) is 35.9 Å². The van der Waals surface area contributed by atoms with Crippen LogP contribution in [0.25, 0.3) is 0 Å². The van der Waals surface area contributed by atoms with E-state index in [1.54, 1.807) is 0 Å². The largest absolute Gasteiger partial charge is 0.444 e. The number of rotatable bonds is 4.